The predicted octanol–water partition coefficient (Wildman–Crippen LogP) is 5.04. The molecular formula is C14H24. The van der Waals surface area contributed by atoms with Gasteiger partial charge in [0.1, 0.15) is 0 Å². The predicted molar refractivity (Wildman–Crippen MR) is 66.5 cm³/mol. The second-order valence-corrected chi connectivity index (χ2v) is 3.90. The SMILES string of the molecule is C=CCC/C=C(\CC)CCC=C(C)C. The third kappa shape index (κ3) is 7.85. The van der Waals surface area contributed by atoms with Crippen molar-refractivity contribution in [3.05, 3.63) is 36.0 Å². The van der Waals surface area contributed by atoms with Crippen molar-refractivity contribution < 1.29 is 0 Å². The lowest BCUT2D eigenvalue weighted by atomic mass is 10.0. The zero-order chi connectivity index (χ0) is 10.8. The first-order chi connectivity index (χ1) is 6.70. The molecule has 0 heterocycles. The highest BCUT2D eigenvalue weighted by atomic mass is 14.0. The third-order valence-electron chi connectivity index (χ3n) is 2.28. The van der Waals surface area contributed by atoms with Crippen LogP contribution in [0.1, 0.15) is 52.9 Å². The largest absolute Gasteiger partial charge is 0.103 e. The summed E-state index contributed by atoms with van der Waals surface area (Å²) in [6.07, 6.45) is 12.5. The summed E-state index contributed by atoms with van der Waals surface area (Å²) in [6.45, 7) is 10.3. The lowest BCUT2D eigenvalue weighted by Crippen LogP contribution is -1.82. The van der Waals surface area contributed by atoms with Crippen molar-refractivity contribution in [2.75, 3.05) is 0 Å². The average Bonchev–Trinajstić information content (AvgIpc) is 2.15. The fraction of sp³-hybridized carbons (Fsp3) is 0.571. The third-order valence-corrected chi connectivity index (χ3v) is 2.28. The maximum Gasteiger partial charge on any atom is -0.0286 e. The highest BCUT2D eigenvalue weighted by molar-refractivity contribution is 5.04. The van der Waals surface area contributed by atoms with Gasteiger partial charge in [-0.25, -0.2) is 0 Å². The van der Waals surface area contributed by atoms with Crippen molar-refractivity contribution in [2.45, 2.75) is 52.9 Å². The average molecular weight is 192 g/mol. The van der Waals surface area contributed by atoms with Gasteiger partial charge in [-0.2, -0.15) is 0 Å². The van der Waals surface area contributed by atoms with E-state index in [1.54, 1.807) is 5.57 Å². The van der Waals surface area contributed by atoms with Crippen LogP contribution >= 0.6 is 0 Å². The minimum atomic E-state index is 1.10. The smallest absolute Gasteiger partial charge is 0.0286 e. The van der Waals surface area contributed by atoms with Gasteiger partial charge in [-0.3, -0.25) is 0 Å². The molecule has 0 heteroatoms. The Morgan fingerprint density at radius 3 is 2.29 bits per heavy atom. The number of unbranched alkanes of at least 4 members (excludes halogenated alkanes) is 1. The van der Waals surface area contributed by atoms with Crippen LogP contribution in [-0.2, 0) is 0 Å². The Balaban J connectivity index is 3.83. The molecule has 0 fully saturated rings. The molecule has 0 saturated heterocycles. The topological polar surface area (TPSA) is 0 Å². The summed E-state index contributed by atoms with van der Waals surface area (Å²) in [4.78, 5) is 0. The fourth-order valence-electron chi connectivity index (χ4n) is 1.37. The molecule has 0 bridgehead atoms. The van der Waals surface area contributed by atoms with Gasteiger partial charge >= 0.3 is 0 Å². The van der Waals surface area contributed by atoms with Crippen molar-refractivity contribution >= 4 is 0 Å². The molecule has 0 nitrogen and oxygen atoms in total. The van der Waals surface area contributed by atoms with E-state index in [0.29, 0.717) is 0 Å². The quantitative estimate of drug-likeness (QED) is 0.392. The van der Waals surface area contributed by atoms with Crippen molar-refractivity contribution in [3.8, 4) is 0 Å². The van der Waals surface area contributed by atoms with E-state index in [-0.39, 0.29) is 0 Å². The molecule has 0 aliphatic carbocycles. The van der Waals surface area contributed by atoms with E-state index in [1.165, 1.54) is 24.8 Å². The van der Waals surface area contributed by atoms with Gasteiger partial charge < -0.3 is 0 Å². The van der Waals surface area contributed by atoms with Crippen LogP contribution in [0.3, 0.4) is 0 Å². The van der Waals surface area contributed by atoms with Crippen LogP contribution in [0, 0.1) is 0 Å². The molecule has 0 aromatic rings. The highest BCUT2D eigenvalue weighted by Crippen LogP contribution is 2.12. The normalized spacial score (nSPS) is 11.2. The number of hydrogen-bond donors (Lipinski definition) is 0. The maximum absolute atomic E-state index is 3.73. The molecule has 0 radical (unpaired) electrons. The van der Waals surface area contributed by atoms with E-state index < -0.39 is 0 Å². The summed E-state index contributed by atoms with van der Waals surface area (Å²) in [5, 5.41) is 0. The first-order valence-corrected chi connectivity index (χ1v) is 5.62. The summed E-state index contributed by atoms with van der Waals surface area (Å²) in [7, 11) is 0. The molecule has 0 aliphatic rings. The first-order valence-electron chi connectivity index (χ1n) is 5.62. The molecule has 0 spiro atoms. The van der Waals surface area contributed by atoms with Crippen molar-refractivity contribution in [1.82, 2.24) is 0 Å². The minimum absolute atomic E-state index is 1.10. The Labute approximate surface area is 89.4 Å². The van der Waals surface area contributed by atoms with Crippen molar-refractivity contribution in [1.29, 1.82) is 0 Å². The van der Waals surface area contributed by atoms with E-state index >= 15 is 0 Å². The van der Waals surface area contributed by atoms with Crippen molar-refractivity contribution in [3.63, 3.8) is 0 Å². The van der Waals surface area contributed by atoms with Gasteiger partial charge in [0.15, 0.2) is 0 Å². The lowest BCUT2D eigenvalue weighted by Gasteiger charge is -2.02. The molecule has 0 amide bonds. The van der Waals surface area contributed by atoms with Gasteiger partial charge in [-0.15, -0.1) is 6.58 Å². The molecule has 0 rings (SSSR count). The van der Waals surface area contributed by atoms with Gasteiger partial charge in [0.25, 0.3) is 0 Å². The van der Waals surface area contributed by atoms with Crippen LogP contribution in [0.4, 0.5) is 0 Å². The Kier molecular flexibility index (Phi) is 8.31. The number of hydrogen-bond acceptors (Lipinski definition) is 0. The van der Waals surface area contributed by atoms with E-state index in [1.807, 2.05) is 6.08 Å². The van der Waals surface area contributed by atoms with Crippen LogP contribution in [0.25, 0.3) is 0 Å². The molecule has 0 unspecified atom stereocenters. The summed E-state index contributed by atoms with van der Waals surface area (Å²) in [6, 6.07) is 0. The molecule has 0 atom stereocenters. The summed E-state index contributed by atoms with van der Waals surface area (Å²) in [5.74, 6) is 0. The highest BCUT2D eigenvalue weighted by Gasteiger charge is 1.92. The Morgan fingerprint density at radius 2 is 1.79 bits per heavy atom. The van der Waals surface area contributed by atoms with E-state index in [9.17, 15) is 0 Å². The van der Waals surface area contributed by atoms with Gasteiger partial charge in [0, 0.05) is 0 Å². The van der Waals surface area contributed by atoms with Crippen molar-refractivity contribution in [2.24, 2.45) is 0 Å². The minimum Gasteiger partial charge on any atom is -0.103 e. The van der Waals surface area contributed by atoms with Gasteiger partial charge in [-0.1, -0.05) is 36.3 Å². The lowest BCUT2D eigenvalue weighted by molar-refractivity contribution is 0.880. The Hall–Kier alpha value is -0.780. The summed E-state index contributed by atoms with van der Waals surface area (Å²) in [5.41, 5.74) is 3.01. The van der Waals surface area contributed by atoms with Crippen LogP contribution in [0.5, 0.6) is 0 Å². The molecule has 0 N–H and O–H groups in total. The summed E-state index contributed by atoms with van der Waals surface area (Å²) >= 11 is 0. The molecule has 0 aromatic carbocycles. The standard InChI is InChI=1S/C14H24/c1-5-7-8-11-14(6-2)12-9-10-13(3)4/h5,10-11H,1,6-9,12H2,2-4H3/b14-11+. The Morgan fingerprint density at radius 1 is 1.07 bits per heavy atom. The molecule has 0 aromatic heterocycles. The van der Waals surface area contributed by atoms with Gasteiger partial charge in [-0.05, 0) is 46.0 Å². The second-order valence-electron chi connectivity index (χ2n) is 3.90. The molecule has 80 valence electrons. The molecule has 0 saturated carbocycles. The maximum atomic E-state index is 3.73. The van der Waals surface area contributed by atoms with Crippen LogP contribution < -0.4 is 0 Å². The fourth-order valence-corrected chi connectivity index (χ4v) is 1.37. The van der Waals surface area contributed by atoms with E-state index in [2.05, 4.69) is 39.5 Å². The van der Waals surface area contributed by atoms with Gasteiger partial charge in [0.2, 0.25) is 0 Å². The zero-order valence-corrected chi connectivity index (χ0v) is 9.97. The zero-order valence-electron chi connectivity index (χ0n) is 9.97. The van der Waals surface area contributed by atoms with Gasteiger partial charge in [0.05, 0.1) is 0 Å². The van der Waals surface area contributed by atoms with Crippen LogP contribution in [-0.4, -0.2) is 0 Å². The monoisotopic (exact) mass is 192 g/mol. The number of rotatable bonds is 7. The number of allylic oxidation sites excluding steroid dienone is 5. The second kappa shape index (κ2) is 8.80. The molecule has 0 aliphatic heterocycles. The van der Waals surface area contributed by atoms with E-state index in [0.717, 1.165) is 12.8 Å². The van der Waals surface area contributed by atoms with Crippen LogP contribution in [0.2, 0.25) is 0 Å². The van der Waals surface area contributed by atoms with E-state index in [4.69, 9.17) is 0 Å². The van der Waals surface area contributed by atoms with Crippen LogP contribution in [0.15, 0.2) is 36.0 Å². The first kappa shape index (κ1) is 13.2. The molecular weight excluding hydrogens is 168 g/mol. The summed E-state index contributed by atoms with van der Waals surface area (Å²) < 4.78 is 0. The molecule has 14 heavy (non-hydrogen) atoms. The Bertz CT molecular complexity index is 202.